The number of benzene rings is 1. The molecule has 0 saturated heterocycles. The van der Waals surface area contributed by atoms with Crippen molar-refractivity contribution in [2.45, 2.75) is 20.3 Å². The van der Waals surface area contributed by atoms with Crippen molar-refractivity contribution in [3.05, 3.63) is 47.0 Å². The molecule has 0 saturated carbocycles. The lowest BCUT2D eigenvalue weighted by Crippen LogP contribution is -1.89. The van der Waals surface area contributed by atoms with E-state index in [-0.39, 0.29) is 6.61 Å². The smallest absolute Gasteiger partial charge is 0.0688 e. The Morgan fingerprint density at radius 3 is 2.73 bits per heavy atom. The molecule has 0 atom stereocenters. The molecule has 15 heavy (non-hydrogen) atoms. The number of rotatable bonds is 2. The fourth-order valence-electron chi connectivity index (χ4n) is 2.04. The molecule has 1 N–H and O–H groups in total. The molecule has 0 radical (unpaired) electrons. The van der Waals surface area contributed by atoms with Gasteiger partial charge in [-0.3, -0.25) is 0 Å². The minimum absolute atomic E-state index is 0.122. The zero-order valence-electron chi connectivity index (χ0n) is 9.25. The molecule has 0 aromatic heterocycles. The van der Waals surface area contributed by atoms with Gasteiger partial charge in [0.05, 0.1) is 6.61 Å². The topological polar surface area (TPSA) is 20.2 Å². The second-order valence-electron chi connectivity index (χ2n) is 3.94. The van der Waals surface area contributed by atoms with E-state index in [0.717, 1.165) is 12.0 Å². The minimum atomic E-state index is 0.122. The number of fused-ring (bicyclic) bond motifs is 1. The van der Waals surface area contributed by atoms with E-state index in [1.807, 2.05) is 0 Å². The van der Waals surface area contributed by atoms with Gasteiger partial charge in [0.1, 0.15) is 0 Å². The predicted molar refractivity (Wildman–Crippen MR) is 64.5 cm³/mol. The Labute approximate surface area is 90.8 Å². The summed E-state index contributed by atoms with van der Waals surface area (Å²) in [6.07, 6.45) is 5.33. The van der Waals surface area contributed by atoms with Crippen LogP contribution in [0.4, 0.5) is 0 Å². The highest BCUT2D eigenvalue weighted by atomic mass is 16.3. The van der Waals surface area contributed by atoms with Crippen LogP contribution in [0.2, 0.25) is 0 Å². The third-order valence-corrected chi connectivity index (χ3v) is 2.76. The molecule has 0 spiro atoms. The van der Waals surface area contributed by atoms with Crippen LogP contribution in [0.1, 0.15) is 30.0 Å². The molecular weight excluding hydrogens is 184 g/mol. The molecule has 1 aromatic carbocycles. The van der Waals surface area contributed by atoms with E-state index in [0.29, 0.717) is 0 Å². The largest absolute Gasteiger partial charge is 0.392 e. The van der Waals surface area contributed by atoms with E-state index >= 15 is 0 Å². The van der Waals surface area contributed by atoms with Crippen LogP contribution in [0.5, 0.6) is 0 Å². The Hall–Kier alpha value is -1.34. The van der Waals surface area contributed by atoms with Crippen LogP contribution in [-0.4, -0.2) is 11.7 Å². The van der Waals surface area contributed by atoms with E-state index < -0.39 is 0 Å². The summed E-state index contributed by atoms with van der Waals surface area (Å²) in [6, 6.07) is 6.39. The van der Waals surface area contributed by atoms with Crippen molar-refractivity contribution in [1.82, 2.24) is 0 Å². The van der Waals surface area contributed by atoms with Crippen LogP contribution in [0.15, 0.2) is 30.4 Å². The predicted octanol–water partition coefficient (Wildman–Crippen LogP) is 3.18. The van der Waals surface area contributed by atoms with Gasteiger partial charge < -0.3 is 5.11 Å². The van der Waals surface area contributed by atoms with Crippen LogP contribution in [0, 0.1) is 6.92 Å². The summed E-state index contributed by atoms with van der Waals surface area (Å²) in [6.45, 7) is 4.35. The van der Waals surface area contributed by atoms with Crippen molar-refractivity contribution in [2.75, 3.05) is 6.61 Å². The molecule has 0 unspecified atom stereocenters. The Kier molecular flexibility index (Phi) is 2.74. The van der Waals surface area contributed by atoms with Crippen molar-refractivity contribution < 1.29 is 5.11 Å². The van der Waals surface area contributed by atoms with Crippen molar-refractivity contribution in [2.24, 2.45) is 0 Å². The lowest BCUT2D eigenvalue weighted by Gasteiger charge is -2.04. The molecule has 78 valence electrons. The van der Waals surface area contributed by atoms with E-state index in [2.05, 4.69) is 44.2 Å². The minimum Gasteiger partial charge on any atom is -0.392 e. The number of hydrogen-bond acceptors (Lipinski definition) is 1. The van der Waals surface area contributed by atoms with Gasteiger partial charge in [-0.2, -0.15) is 0 Å². The average molecular weight is 200 g/mol. The van der Waals surface area contributed by atoms with Gasteiger partial charge in [-0.25, -0.2) is 0 Å². The van der Waals surface area contributed by atoms with Gasteiger partial charge in [0.2, 0.25) is 0 Å². The van der Waals surface area contributed by atoms with Crippen LogP contribution >= 0.6 is 0 Å². The van der Waals surface area contributed by atoms with Crippen molar-refractivity contribution >= 4 is 11.1 Å². The highest BCUT2D eigenvalue weighted by molar-refractivity contribution is 5.96. The molecular formula is C14H16O. The SMILES string of the molecule is CC/C=C1\C=C(CO)c2ccc(C)cc21. The van der Waals surface area contributed by atoms with Gasteiger partial charge in [0.15, 0.2) is 0 Å². The highest BCUT2D eigenvalue weighted by Crippen LogP contribution is 2.35. The standard InChI is InChI=1S/C14H16O/c1-3-4-11-8-12(9-15)13-6-5-10(2)7-14(11)13/h4-8,15H,3,9H2,1-2H3/b11-4+. The van der Waals surface area contributed by atoms with Crippen LogP contribution < -0.4 is 0 Å². The molecule has 1 aromatic rings. The maximum absolute atomic E-state index is 9.27. The first-order chi connectivity index (χ1) is 7.26. The number of aliphatic hydroxyl groups excluding tert-OH is 1. The van der Waals surface area contributed by atoms with Crippen molar-refractivity contribution in [3.63, 3.8) is 0 Å². The maximum atomic E-state index is 9.27. The summed E-state index contributed by atoms with van der Waals surface area (Å²) in [4.78, 5) is 0. The van der Waals surface area contributed by atoms with Gasteiger partial charge in [0, 0.05) is 0 Å². The Balaban J connectivity index is 2.56. The van der Waals surface area contributed by atoms with Crippen molar-refractivity contribution in [3.8, 4) is 0 Å². The fourth-order valence-corrected chi connectivity index (χ4v) is 2.04. The summed E-state index contributed by atoms with van der Waals surface area (Å²) in [5.74, 6) is 0. The molecule has 1 aliphatic carbocycles. The van der Waals surface area contributed by atoms with E-state index in [1.165, 1.54) is 22.3 Å². The Morgan fingerprint density at radius 2 is 2.07 bits per heavy atom. The van der Waals surface area contributed by atoms with Gasteiger partial charge in [-0.15, -0.1) is 0 Å². The first-order valence-electron chi connectivity index (χ1n) is 5.39. The normalized spacial score (nSPS) is 16.7. The second kappa shape index (κ2) is 4.03. The summed E-state index contributed by atoms with van der Waals surface area (Å²) in [7, 11) is 0. The molecule has 0 bridgehead atoms. The van der Waals surface area contributed by atoms with Gasteiger partial charge in [0.25, 0.3) is 0 Å². The monoisotopic (exact) mass is 200 g/mol. The zero-order valence-corrected chi connectivity index (χ0v) is 9.25. The molecule has 1 aliphatic rings. The number of hydrogen-bond donors (Lipinski definition) is 1. The van der Waals surface area contributed by atoms with Crippen LogP contribution in [-0.2, 0) is 0 Å². The number of aryl methyl sites for hydroxylation is 1. The third-order valence-electron chi connectivity index (χ3n) is 2.76. The molecule has 1 heteroatoms. The van der Waals surface area contributed by atoms with Crippen molar-refractivity contribution in [1.29, 1.82) is 0 Å². The van der Waals surface area contributed by atoms with Gasteiger partial charge >= 0.3 is 0 Å². The third kappa shape index (κ3) is 1.75. The summed E-state index contributed by atoms with van der Waals surface area (Å²) < 4.78 is 0. The van der Waals surface area contributed by atoms with Crippen LogP contribution in [0.3, 0.4) is 0 Å². The highest BCUT2D eigenvalue weighted by Gasteiger charge is 2.16. The maximum Gasteiger partial charge on any atom is 0.0688 e. The molecule has 0 heterocycles. The molecule has 0 amide bonds. The summed E-state index contributed by atoms with van der Waals surface area (Å²) in [5.41, 5.74) is 6.00. The molecule has 0 aliphatic heterocycles. The molecule has 1 nitrogen and oxygen atoms in total. The zero-order chi connectivity index (χ0) is 10.8. The van der Waals surface area contributed by atoms with E-state index in [4.69, 9.17) is 0 Å². The lowest BCUT2D eigenvalue weighted by atomic mass is 10.0. The first kappa shape index (κ1) is 10.2. The Bertz CT molecular complexity index is 439. The number of allylic oxidation sites excluding steroid dienone is 3. The van der Waals surface area contributed by atoms with E-state index in [9.17, 15) is 5.11 Å². The molecule has 0 fully saturated rings. The molecule has 2 rings (SSSR count). The summed E-state index contributed by atoms with van der Waals surface area (Å²) >= 11 is 0. The lowest BCUT2D eigenvalue weighted by molar-refractivity contribution is 0.350. The van der Waals surface area contributed by atoms with Crippen LogP contribution in [0.25, 0.3) is 11.1 Å². The average Bonchev–Trinajstić information content (AvgIpc) is 2.57. The number of aliphatic hydroxyl groups is 1. The van der Waals surface area contributed by atoms with Gasteiger partial charge in [-0.05, 0) is 41.7 Å². The van der Waals surface area contributed by atoms with Gasteiger partial charge in [-0.1, -0.05) is 36.8 Å². The van der Waals surface area contributed by atoms with E-state index in [1.54, 1.807) is 0 Å². The Morgan fingerprint density at radius 1 is 1.27 bits per heavy atom. The quantitative estimate of drug-likeness (QED) is 0.777. The summed E-state index contributed by atoms with van der Waals surface area (Å²) in [5, 5.41) is 9.27. The fraction of sp³-hybridized carbons (Fsp3) is 0.286. The first-order valence-corrected chi connectivity index (χ1v) is 5.39. The second-order valence-corrected chi connectivity index (χ2v) is 3.94.